The standard InChI is InChI=1S/C10H14O2S/c1-8(2)13-7-10(11)5-9-3-4-12-6-9/h3-4,6,8H,5,7H2,1-2H3. The van der Waals surface area contributed by atoms with Crippen LogP contribution in [0.2, 0.25) is 0 Å². The van der Waals surface area contributed by atoms with Crippen molar-refractivity contribution in [2.45, 2.75) is 25.5 Å². The molecule has 1 heterocycles. The summed E-state index contributed by atoms with van der Waals surface area (Å²) in [5, 5.41) is 0.522. The van der Waals surface area contributed by atoms with Gasteiger partial charge in [0, 0.05) is 6.42 Å². The molecule has 0 unspecified atom stereocenters. The molecular formula is C10H14O2S. The Kier molecular flexibility index (Phi) is 4.09. The van der Waals surface area contributed by atoms with Crippen molar-refractivity contribution in [1.29, 1.82) is 0 Å². The van der Waals surface area contributed by atoms with E-state index in [1.54, 1.807) is 24.3 Å². The Bertz CT molecular complexity index is 252. The fourth-order valence-electron chi connectivity index (χ4n) is 0.932. The van der Waals surface area contributed by atoms with Gasteiger partial charge < -0.3 is 4.42 Å². The molecule has 3 heteroatoms. The van der Waals surface area contributed by atoms with Gasteiger partial charge in [0.1, 0.15) is 5.78 Å². The second-order valence-corrected chi connectivity index (χ2v) is 4.77. The summed E-state index contributed by atoms with van der Waals surface area (Å²) in [7, 11) is 0. The van der Waals surface area contributed by atoms with Crippen LogP contribution in [0.15, 0.2) is 23.0 Å². The summed E-state index contributed by atoms with van der Waals surface area (Å²) >= 11 is 1.68. The van der Waals surface area contributed by atoms with Crippen LogP contribution in [-0.2, 0) is 11.2 Å². The Morgan fingerprint density at radius 1 is 1.62 bits per heavy atom. The number of Topliss-reactive ketones (excluding diaryl/α,β-unsaturated/α-hetero) is 1. The summed E-state index contributed by atoms with van der Waals surface area (Å²) in [5.74, 6) is 0.864. The number of hydrogen-bond donors (Lipinski definition) is 0. The maximum absolute atomic E-state index is 11.4. The third-order valence-electron chi connectivity index (χ3n) is 1.56. The molecule has 0 aliphatic carbocycles. The molecule has 1 aromatic heterocycles. The summed E-state index contributed by atoms with van der Waals surface area (Å²) in [5.41, 5.74) is 0.967. The predicted molar refractivity (Wildman–Crippen MR) is 55.0 cm³/mol. The van der Waals surface area contributed by atoms with E-state index < -0.39 is 0 Å². The number of hydrogen-bond acceptors (Lipinski definition) is 3. The van der Waals surface area contributed by atoms with Crippen LogP contribution in [0.25, 0.3) is 0 Å². The van der Waals surface area contributed by atoms with Gasteiger partial charge in [-0.25, -0.2) is 0 Å². The van der Waals surface area contributed by atoms with E-state index >= 15 is 0 Å². The van der Waals surface area contributed by atoms with Crippen LogP contribution in [0.1, 0.15) is 19.4 Å². The molecule has 0 aliphatic heterocycles. The Morgan fingerprint density at radius 2 is 2.38 bits per heavy atom. The molecule has 0 N–H and O–H groups in total. The van der Waals surface area contributed by atoms with E-state index in [1.807, 2.05) is 6.07 Å². The molecule has 0 saturated heterocycles. The summed E-state index contributed by atoms with van der Waals surface area (Å²) in [6.07, 6.45) is 3.71. The third-order valence-corrected chi connectivity index (χ3v) is 2.71. The fourth-order valence-corrected chi connectivity index (χ4v) is 1.55. The molecule has 0 atom stereocenters. The predicted octanol–water partition coefficient (Wildman–Crippen LogP) is 2.53. The highest BCUT2D eigenvalue weighted by molar-refractivity contribution is 8.00. The van der Waals surface area contributed by atoms with Crippen molar-refractivity contribution in [1.82, 2.24) is 0 Å². The minimum atomic E-state index is 0.264. The SMILES string of the molecule is CC(C)SCC(=O)Cc1ccoc1. The fraction of sp³-hybridized carbons (Fsp3) is 0.500. The molecule has 2 nitrogen and oxygen atoms in total. The van der Waals surface area contributed by atoms with Gasteiger partial charge in [-0.1, -0.05) is 13.8 Å². The van der Waals surface area contributed by atoms with Gasteiger partial charge in [0.2, 0.25) is 0 Å². The summed E-state index contributed by atoms with van der Waals surface area (Å²) in [6.45, 7) is 4.19. The van der Waals surface area contributed by atoms with Crippen LogP contribution >= 0.6 is 11.8 Å². The van der Waals surface area contributed by atoms with E-state index in [9.17, 15) is 4.79 Å². The van der Waals surface area contributed by atoms with Crippen LogP contribution in [0.4, 0.5) is 0 Å². The third kappa shape index (κ3) is 4.18. The lowest BCUT2D eigenvalue weighted by molar-refractivity contribution is -0.116. The first-order chi connectivity index (χ1) is 6.18. The van der Waals surface area contributed by atoms with Gasteiger partial charge in [-0.3, -0.25) is 4.79 Å². The summed E-state index contributed by atoms with van der Waals surface area (Å²) < 4.78 is 4.88. The van der Waals surface area contributed by atoms with Gasteiger partial charge in [-0.15, -0.1) is 0 Å². The topological polar surface area (TPSA) is 30.2 Å². The summed E-state index contributed by atoms with van der Waals surface area (Å²) in [6, 6.07) is 1.83. The van der Waals surface area contributed by atoms with Gasteiger partial charge in [-0.2, -0.15) is 11.8 Å². The monoisotopic (exact) mass is 198 g/mol. The van der Waals surface area contributed by atoms with Crippen LogP contribution in [-0.4, -0.2) is 16.8 Å². The van der Waals surface area contributed by atoms with Crippen LogP contribution < -0.4 is 0 Å². The molecular weight excluding hydrogens is 184 g/mol. The van der Waals surface area contributed by atoms with Crippen molar-refractivity contribution >= 4 is 17.5 Å². The van der Waals surface area contributed by atoms with E-state index in [1.165, 1.54) is 0 Å². The Hall–Kier alpha value is -0.700. The molecule has 72 valence electrons. The minimum Gasteiger partial charge on any atom is -0.472 e. The lowest BCUT2D eigenvalue weighted by Gasteiger charge is -2.02. The van der Waals surface area contributed by atoms with Gasteiger partial charge >= 0.3 is 0 Å². The van der Waals surface area contributed by atoms with Crippen molar-refractivity contribution in [3.8, 4) is 0 Å². The Balaban J connectivity index is 2.26. The second kappa shape index (κ2) is 5.12. The highest BCUT2D eigenvalue weighted by Crippen LogP contribution is 2.10. The summed E-state index contributed by atoms with van der Waals surface area (Å²) in [4.78, 5) is 11.4. The van der Waals surface area contributed by atoms with E-state index in [0.29, 0.717) is 17.4 Å². The van der Waals surface area contributed by atoms with E-state index in [4.69, 9.17) is 4.42 Å². The first-order valence-electron chi connectivity index (χ1n) is 4.33. The zero-order valence-electron chi connectivity index (χ0n) is 7.95. The molecule has 1 rings (SSSR count). The molecule has 0 radical (unpaired) electrons. The molecule has 0 aliphatic rings. The van der Waals surface area contributed by atoms with E-state index in [-0.39, 0.29) is 5.78 Å². The lowest BCUT2D eigenvalue weighted by atomic mass is 10.2. The normalized spacial score (nSPS) is 10.7. The first-order valence-corrected chi connectivity index (χ1v) is 5.37. The van der Waals surface area contributed by atoms with Crippen LogP contribution in [0, 0.1) is 0 Å². The van der Waals surface area contributed by atoms with Crippen molar-refractivity contribution < 1.29 is 9.21 Å². The maximum Gasteiger partial charge on any atom is 0.147 e. The first kappa shape index (κ1) is 10.4. The van der Waals surface area contributed by atoms with Gasteiger partial charge in [0.05, 0.1) is 18.3 Å². The molecule has 0 bridgehead atoms. The number of carbonyl (C=O) groups is 1. The molecule has 13 heavy (non-hydrogen) atoms. The van der Waals surface area contributed by atoms with Gasteiger partial charge in [0.25, 0.3) is 0 Å². The molecule has 0 spiro atoms. The Labute approximate surface area is 82.7 Å². The average molecular weight is 198 g/mol. The smallest absolute Gasteiger partial charge is 0.147 e. The van der Waals surface area contributed by atoms with Crippen LogP contribution in [0.5, 0.6) is 0 Å². The van der Waals surface area contributed by atoms with Crippen molar-refractivity contribution in [2.24, 2.45) is 0 Å². The molecule has 1 aromatic rings. The number of furan rings is 1. The zero-order chi connectivity index (χ0) is 9.68. The maximum atomic E-state index is 11.4. The van der Waals surface area contributed by atoms with Gasteiger partial charge in [-0.05, 0) is 16.9 Å². The Morgan fingerprint density at radius 3 is 2.92 bits per heavy atom. The minimum absolute atomic E-state index is 0.264. The van der Waals surface area contributed by atoms with Crippen LogP contribution in [0.3, 0.4) is 0 Å². The number of ketones is 1. The zero-order valence-corrected chi connectivity index (χ0v) is 8.76. The second-order valence-electron chi connectivity index (χ2n) is 3.21. The molecule has 0 amide bonds. The number of carbonyl (C=O) groups excluding carboxylic acids is 1. The highest BCUT2D eigenvalue weighted by atomic mass is 32.2. The van der Waals surface area contributed by atoms with Gasteiger partial charge in [0.15, 0.2) is 0 Å². The van der Waals surface area contributed by atoms with E-state index in [2.05, 4.69) is 13.8 Å². The molecule has 0 saturated carbocycles. The number of thioether (sulfide) groups is 1. The van der Waals surface area contributed by atoms with Crippen molar-refractivity contribution in [2.75, 3.05) is 5.75 Å². The van der Waals surface area contributed by atoms with E-state index in [0.717, 1.165) is 5.56 Å². The molecule has 0 aromatic carbocycles. The number of rotatable bonds is 5. The largest absolute Gasteiger partial charge is 0.472 e. The van der Waals surface area contributed by atoms with Crippen molar-refractivity contribution in [3.63, 3.8) is 0 Å². The lowest BCUT2D eigenvalue weighted by Crippen LogP contribution is -2.06. The molecule has 0 fully saturated rings. The quantitative estimate of drug-likeness (QED) is 0.728. The van der Waals surface area contributed by atoms with Crippen molar-refractivity contribution in [3.05, 3.63) is 24.2 Å². The average Bonchev–Trinajstić information content (AvgIpc) is 2.53. The highest BCUT2D eigenvalue weighted by Gasteiger charge is 2.05.